The van der Waals surface area contributed by atoms with Crippen LogP contribution in [0.3, 0.4) is 0 Å². The summed E-state index contributed by atoms with van der Waals surface area (Å²) >= 11 is 0. The molecule has 3 aliphatic rings. The van der Waals surface area contributed by atoms with E-state index in [1.807, 2.05) is 0 Å². The third kappa shape index (κ3) is 3.49. The Morgan fingerprint density at radius 3 is 2.00 bits per heavy atom. The van der Waals surface area contributed by atoms with Gasteiger partial charge in [0.25, 0.3) is 0 Å². The largest absolute Gasteiger partial charge is 0.508 e. The third-order valence-corrected chi connectivity index (χ3v) is 8.03. The van der Waals surface area contributed by atoms with Gasteiger partial charge in [-0.2, -0.15) is 0 Å². The lowest BCUT2D eigenvalue weighted by Crippen LogP contribution is -2.57. The summed E-state index contributed by atoms with van der Waals surface area (Å²) in [7, 11) is 0. The molecule has 4 aromatic carbocycles. The van der Waals surface area contributed by atoms with E-state index in [2.05, 4.69) is 0 Å². The first-order valence-electron chi connectivity index (χ1n) is 12.9. The van der Waals surface area contributed by atoms with Crippen LogP contribution in [0.4, 0.5) is 0 Å². The van der Waals surface area contributed by atoms with Crippen molar-refractivity contribution in [3.8, 4) is 57.5 Å². The van der Waals surface area contributed by atoms with Crippen molar-refractivity contribution in [1.29, 1.82) is 0 Å². The van der Waals surface area contributed by atoms with Gasteiger partial charge in [-0.15, -0.1) is 0 Å². The van der Waals surface area contributed by atoms with Crippen LogP contribution >= 0.6 is 0 Å². The van der Waals surface area contributed by atoms with Crippen LogP contribution in [0, 0.1) is 0 Å². The zero-order valence-corrected chi connectivity index (χ0v) is 21.5. The number of hydrogen-bond donors (Lipinski definition) is 9. The van der Waals surface area contributed by atoms with Gasteiger partial charge in [-0.05, 0) is 35.9 Å². The average Bonchev–Trinajstić information content (AvgIpc) is 2.92. The van der Waals surface area contributed by atoms with Crippen molar-refractivity contribution >= 4 is 0 Å². The molecule has 12 heteroatoms. The quantitative estimate of drug-likeness (QED) is 0.158. The predicted octanol–water partition coefficient (Wildman–Crippen LogP) is 2.79. The highest BCUT2D eigenvalue weighted by atomic mass is 16.7. The van der Waals surface area contributed by atoms with Gasteiger partial charge in [0.05, 0.1) is 12.0 Å². The van der Waals surface area contributed by atoms with Crippen molar-refractivity contribution in [1.82, 2.24) is 0 Å². The number of aliphatic hydroxyl groups is 2. The Labute approximate surface area is 236 Å². The van der Waals surface area contributed by atoms with Crippen molar-refractivity contribution < 1.29 is 60.2 Å². The monoisotopic (exact) mass is 576 g/mol. The molecule has 0 saturated heterocycles. The van der Waals surface area contributed by atoms with Crippen molar-refractivity contribution in [2.75, 3.05) is 0 Å². The Hall–Kier alpha value is -5.20. The van der Waals surface area contributed by atoms with Crippen LogP contribution in [0.25, 0.3) is 0 Å². The number of aliphatic hydroxyl groups excluding tert-OH is 2. The summed E-state index contributed by atoms with van der Waals surface area (Å²) in [6, 6.07) is 11.1. The summed E-state index contributed by atoms with van der Waals surface area (Å²) in [6.07, 6.45) is -4.00. The number of phenols is 7. The molecular weight excluding hydrogens is 552 g/mol. The number of hydrogen-bond acceptors (Lipinski definition) is 12. The van der Waals surface area contributed by atoms with Crippen LogP contribution in [0.2, 0.25) is 0 Å². The zero-order chi connectivity index (χ0) is 29.7. The molecule has 0 saturated carbocycles. The molecule has 0 aliphatic carbocycles. The third-order valence-electron chi connectivity index (χ3n) is 8.03. The molecular formula is C30H24O12. The first-order valence-corrected chi connectivity index (χ1v) is 12.9. The minimum atomic E-state index is -2.09. The van der Waals surface area contributed by atoms with Crippen molar-refractivity contribution in [2.45, 2.75) is 36.4 Å². The van der Waals surface area contributed by atoms with Crippen LogP contribution in [0.1, 0.15) is 39.8 Å². The van der Waals surface area contributed by atoms with Gasteiger partial charge in [-0.25, -0.2) is 0 Å². The van der Waals surface area contributed by atoms with Gasteiger partial charge in [-0.1, -0.05) is 6.07 Å². The van der Waals surface area contributed by atoms with Crippen LogP contribution in [-0.4, -0.2) is 58.2 Å². The number of fused-ring (bicyclic) bond motifs is 8. The Morgan fingerprint density at radius 2 is 1.31 bits per heavy atom. The Kier molecular flexibility index (Phi) is 5.30. The first-order chi connectivity index (χ1) is 20.0. The second kappa shape index (κ2) is 8.65. The van der Waals surface area contributed by atoms with Crippen molar-refractivity contribution in [3.05, 3.63) is 82.4 Å². The fourth-order valence-electron chi connectivity index (χ4n) is 6.09. The maximum atomic E-state index is 11.9. The summed E-state index contributed by atoms with van der Waals surface area (Å²) in [4.78, 5) is 0. The molecule has 216 valence electrons. The molecule has 0 amide bonds. The molecule has 9 N–H and O–H groups in total. The van der Waals surface area contributed by atoms with E-state index in [9.17, 15) is 46.0 Å². The molecule has 0 spiro atoms. The molecule has 0 radical (unpaired) electrons. The van der Waals surface area contributed by atoms with Gasteiger partial charge in [0.15, 0.2) is 23.0 Å². The normalized spacial score (nSPS) is 25.2. The van der Waals surface area contributed by atoms with E-state index in [1.54, 1.807) is 0 Å². The SMILES string of the molecule is Oc1cc(O)c2c(c1)OC1(c3ccc(O)c(O)c3)Oc3cc(O)c4c(c3C2[C@H]1O)OC(c1ccc(O)c(O)c1)[C@@H](O)C4. The predicted molar refractivity (Wildman–Crippen MR) is 141 cm³/mol. The van der Waals surface area contributed by atoms with Gasteiger partial charge >= 0.3 is 5.79 Å². The summed E-state index contributed by atoms with van der Waals surface area (Å²) < 4.78 is 18.6. The second-order valence-electron chi connectivity index (χ2n) is 10.5. The fourth-order valence-corrected chi connectivity index (χ4v) is 6.09. The minimum Gasteiger partial charge on any atom is -0.508 e. The number of aromatic hydroxyl groups is 7. The van der Waals surface area contributed by atoms with Gasteiger partial charge in [-0.3, -0.25) is 0 Å². The Balaban J connectivity index is 1.47. The lowest BCUT2D eigenvalue weighted by molar-refractivity contribution is -0.219. The van der Waals surface area contributed by atoms with Gasteiger partial charge in [0, 0.05) is 46.9 Å². The number of rotatable bonds is 2. The van der Waals surface area contributed by atoms with E-state index in [1.165, 1.54) is 42.5 Å². The van der Waals surface area contributed by atoms with Gasteiger partial charge in [0.1, 0.15) is 46.7 Å². The standard InChI is InChI=1S/C30H24O12/c31-13-7-20(37)24-22(8-13)41-30(12-2-4-16(33)19(36)6-12)29(39)26(24)25-23(42-30)10-17(34)14-9-21(38)27(40-28(14)25)11-1-3-15(32)18(35)5-11/h1-8,10,21,26-27,29,31-39H,9H2/t21-,26?,27?,29+,30?/m0/s1. The molecule has 2 bridgehead atoms. The lowest BCUT2D eigenvalue weighted by Gasteiger charge is -2.50. The molecule has 3 heterocycles. The first kappa shape index (κ1) is 25.7. The molecule has 0 fully saturated rings. The smallest absolute Gasteiger partial charge is 0.305 e. The van der Waals surface area contributed by atoms with Crippen LogP contribution in [-0.2, 0) is 12.2 Å². The molecule has 5 atom stereocenters. The van der Waals surface area contributed by atoms with E-state index in [-0.39, 0.29) is 63.2 Å². The number of benzene rings is 4. The second-order valence-corrected chi connectivity index (χ2v) is 10.5. The lowest BCUT2D eigenvalue weighted by atomic mass is 9.74. The van der Waals surface area contributed by atoms with Crippen molar-refractivity contribution in [2.24, 2.45) is 0 Å². The molecule has 3 unspecified atom stereocenters. The zero-order valence-electron chi connectivity index (χ0n) is 21.5. The maximum Gasteiger partial charge on any atom is 0.305 e. The summed E-state index contributed by atoms with van der Waals surface area (Å²) in [5.74, 6) is -6.11. The molecule has 0 aromatic heterocycles. The van der Waals surface area contributed by atoms with E-state index >= 15 is 0 Å². The highest BCUT2D eigenvalue weighted by Crippen LogP contribution is 2.62. The highest BCUT2D eigenvalue weighted by molar-refractivity contribution is 5.68. The van der Waals surface area contributed by atoms with Gasteiger partial charge in [0.2, 0.25) is 0 Å². The van der Waals surface area contributed by atoms with E-state index < -0.39 is 53.0 Å². The summed E-state index contributed by atoms with van der Waals surface area (Å²) in [5.41, 5.74) is 0.842. The molecule has 42 heavy (non-hydrogen) atoms. The molecule has 7 rings (SSSR count). The average molecular weight is 577 g/mol. The highest BCUT2D eigenvalue weighted by Gasteiger charge is 2.60. The van der Waals surface area contributed by atoms with E-state index in [0.717, 1.165) is 12.1 Å². The summed E-state index contributed by atoms with van der Waals surface area (Å²) in [6.45, 7) is 0. The Bertz CT molecular complexity index is 1790. The van der Waals surface area contributed by atoms with Crippen LogP contribution in [0.5, 0.6) is 57.5 Å². The number of phenolic OH excluding ortho intramolecular Hbond substituents is 7. The fraction of sp³-hybridized carbons (Fsp3) is 0.200. The molecule has 4 aromatic rings. The van der Waals surface area contributed by atoms with Gasteiger partial charge < -0.3 is 60.2 Å². The van der Waals surface area contributed by atoms with Crippen LogP contribution in [0.15, 0.2) is 54.6 Å². The van der Waals surface area contributed by atoms with E-state index in [4.69, 9.17) is 14.2 Å². The minimum absolute atomic E-state index is 0.0177. The van der Waals surface area contributed by atoms with E-state index in [0.29, 0.717) is 5.56 Å². The topological polar surface area (TPSA) is 210 Å². The molecule has 12 nitrogen and oxygen atoms in total. The van der Waals surface area contributed by atoms with Crippen LogP contribution < -0.4 is 14.2 Å². The van der Waals surface area contributed by atoms with Crippen molar-refractivity contribution in [3.63, 3.8) is 0 Å². The maximum absolute atomic E-state index is 11.9. The summed E-state index contributed by atoms with van der Waals surface area (Å²) in [5, 5.41) is 95.1. The number of ether oxygens (including phenoxy) is 3. The Morgan fingerprint density at radius 1 is 0.643 bits per heavy atom. The molecule has 3 aliphatic heterocycles.